The van der Waals surface area contributed by atoms with E-state index in [4.69, 9.17) is 23.1 Å². The number of halogens is 1. The largest absolute Gasteiger partial charge is 0.398 e. The fourth-order valence-corrected chi connectivity index (χ4v) is 2.87. The monoisotopic (exact) mass is 292 g/mol. The maximum Gasteiger partial charge on any atom is 0.248 e. The zero-order valence-corrected chi connectivity index (χ0v) is 11.7. The van der Waals surface area contributed by atoms with Crippen LogP contribution in [0.5, 0.6) is 0 Å². The Balaban J connectivity index is 2.17. The molecule has 0 aromatic heterocycles. The van der Waals surface area contributed by atoms with E-state index in [9.17, 15) is 4.79 Å². The average Bonchev–Trinajstić information content (AvgIpc) is 2.39. The molecule has 2 aromatic rings. The van der Waals surface area contributed by atoms with E-state index < -0.39 is 5.91 Å². The molecular formula is C14H13ClN2OS. The van der Waals surface area contributed by atoms with Crippen molar-refractivity contribution < 1.29 is 4.79 Å². The molecule has 0 radical (unpaired) electrons. The molecule has 19 heavy (non-hydrogen) atoms. The maximum atomic E-state index is 11.1. The van der Waals surface area contributed by atoms with Gasteiger partial charge in [-0.15, -0.1) is 11.8 Å². The summed E-state index contributed by atoms with van der Waals surface area (Å²) in [6.07, 6.45) is 0. The lowest BCUT2D eigenvalue weighted by molar-refractivity contribution is 0.1000. The van der Waals surface area contributed by atoms with Crippen LogP contribution in [0.3, 0.4) is 0 Å². The number of thioether (sulfide) groups is 1. The van der Waals surface area contributed by atoms with Gasteiger partial charge >= 0.3 is 0 Å². The molecule has 2 rings (SSSR count). The van der Waals surface area contributed by atoms with Crippen molar-refractivity contribution in [3.63, 3.8) is 0 Å². The highest BCUT2D eigenvalue weighted by Crippen LogP contribution is 2.31. The molecule has 0 aliphatic heterocycles. The molecule has 2 aromatic carbocycles. The summed E-state index contributed by atoms with van der Waals surface area (Å²) in [6.45, 7) is 0. The van der Waals surface area contributed by atoms with Gasteiger partial charge in [0, 0.05) is 26.9 Å². The van der Waals surface area contributed by atoms with Crippen molar-refractivity contribution in [3.05, 3.63) is 58.6 Å². The van der Waals surface area contributed by atoms with Crippen LogP contribution in [0, 0.1) is 0 Å². The highest BCUT2D eigenvalue weighted by Gasteiger charge is 2.07. The highest BCUT2D eigenvalue weighted by molar-refractivity contribution is 7.98. The highest BCUT2D eigenvalue weighted by atomic mass is 35.5. The number of rotatable bonds is 4. The molecule has 0 aliphatic rings. The first-order valence-corrected chi connectivity index (χ1v) is 7.00. The van der Waals surface area contributed by atoms with Gasteiger partial charge in [0.25, 0.3) is 0 Å². The normalized spacial score (nSPS) is 10.4. The average molecular weight is 293 g/mol. The lowest BCUT2D eigenvalue weighted by atomic mass is 10.2. The zero-order valence-electron chi connectivity index (χ0n) is 10.1. The third-order valence-electron chi connectivity index (χ3n) is 2.64. The van der Waals surface area contributed by atoms with Gasteiger partial charge in [0.1, 0.15) is 0 Å². The Kier molecular flexibility index (Phi) is 4.35. The van der Waals surface area contributed by atoms with E-state index in [0.29, 0.717) is 17.0 Å². The van der Waals surface area contributed by atoms with E-state index in [1.807, 2.05) is 24.3 Å². The molecule has 0 saturated carbocycles. The first kappa shape index (κ1) is 13.8. The van der Waals surface area contributed by atoms with Crippen LogP contribution in [0.2, 0.25) is 5.02 Å². The van der Waals surface area contributed by atoms with Gasteiger partial charge in [-0.05, 0) is 29.8 Å². The topological polar surface area (TPSA) is 69.1 Å². The van der Waals surface area contributed by atoms with Gasteiger partial charge in [-0.25, -0.2) is 0 Å². The van der Waals surface area contributed by atoms with Crippen LogP contribution in [-0.2, 0) is 5.75 Å². The summed E-state index contributed by atoms with van der Waals surface area (Å²) in [4.78, 5) is 12.0. The number of nitrogen functional groups attached to an aromatic ring is 1. The maximum absolute atomic E-state index is 11.1. The first-order chi connectivity index (χ1) is 9.08. The minimum Gasteiger partial charge on any atom is -0.398 e. The summed E-state index contributed by atoms with van der Waals surface area (Å²) in [6, 6.07) is 12.7. The molecule has 0 saturated heterocycles. The Morgan fingerprint density at radius 2 is 1.95 bits per heavy atom. The van der Waals surface area contributed by atoms with Gasteiger partial charge in [-0.3, -0.25) is 4.79 Å². The van der Waals surface area contributed by atoms with Crippen LogP contribution < -0.4 is 11.5 Å². The third kappa shape index (κ3) is 3.43. The van der Waals surface area contributed by atoms with Gasteiger partial charge in [0.05, 0.1) is 0 Å². The first-order valence-electron chi connectivity index (χ1n) is 5.63. The molecule has 0 spiro atoms. The van der Waals surface area contributed by atoms with E-state index in [-0.39, 0.29) is 0 Å². The molecule has 5 heteroatoms. The molecule has 0 aliphatic carbocycles. The Labute approximate surface area is 120 Å². The third-order valence-corrected chi connectivity index (χ3v) is 4.13. The second-order valence-electron chi connectivity index (χ2n) is 4.00. The Morgan fingerprint density at radius 1 is 1.21 bits per heavy atom. The predicted molar refractivity (Wildman–Crippen MR) is 80.4 cm³/mol. The van der Waals surface area contributed by atoms with E-state index in [1.165, 1.54) is 11.8 Å². The SMILES string of the molecule is NC(=O)c1ccc(N)c(SCc2ccccc2Cl)c1. The second kappa shape index (κ2) is 5.99. The number of amides is 1. The molecule has 98 valence electrons. The fraction of sp³-hybridized carbons (Fsp3) is 0.0714. The van der Waals surface area contributed by atoms with Crippen LogP contribution >= 0.6 is 23.4 Å². The van der Waals surface area contributed by atoms with E-state index in [0.717, 1.165) is 15.5 Å². The summed E-state index contributed by atoms with van der Waals surface area (Å²) in [7, 11) is 0. The number of hydrogen-bond donors (Lipinski definition) is 2. The predicted octanol–water partition coefficient (Wildman–Crippen LogP) is 3.31. The van der Waals surface area contributed by atoms with Gasteiger partial charge < -0.3 is 11.5 Å². The number of primary amides is 1. The molecule has 1 amide bonds. The van der Waals surface area contributed by atoms with Crippen LogP contribution in [0.1, 0.15) is 15.9 Å². The lowest BCUT2D eigenvalue weighted by Gasteiger charge is -2.08. The number of benzene rings is 2. The van der Waals surface area contributed by atoms with Gasteiger partial charge in [0.15, 0.2) is 0 Å². The molecule has 0 unspecified atom stereocenters. The fourth-order valence-electron chi connectivity index (χ4n) is 1.58. The molecular weight excluding hydrogens is 280 g/mol. The molecule has 0 atom stereocenters. The summed E-state index contributed by atoms with van der Waals surface area (Å²) in [5.41, 5.74) is 13.2. The number of carbonyl (C=O) groups is 1. The van der Waals surface area contributed by atoms with E-state index in [2.05, 4.69) is 0 Å². The molecule has 0 heterocycles. The van der Waals surface area contributed by atoms with E-state index in [1.54, 1.807) is 18.2 Å². The zero-order chi connectivity index (χ0) is 13.8. The van der Waals surface area contributed by atoms with Crippen LogP contribution in [0.4, 0.5) is 5.69 Å². The standard InChI is InChI=1S/C14H13ClN2OS/c15-11-4-2-1-3-10(11)8-19-13-7-9(14(17)18)5-6-12(13)16/h1-7H,8,16H2,(H2,17,18). The van der Waals surface area contributed by atoms with Gasteiger partial charge in [-0.1, -0.05) is 29.8 Å². The minimum atomic E-state index is -0.459. The van der Waals surface area contributed by atoms with Crippen molar-refractivity contribution >= 4 is 35.0 Å². The Hall–Kier alpha value is -1.65. The number of hydrogen-bond acceptors (Lipinski definition) is 3. The van der Waals surface area contributed by atoms with Crippen molar-refractivity contribution in [3.8, 4) is 0 Å². The Morgan fingerprint density at radius 3 is 2.63 bits per heavy atom. The van der Waals surface area contributed by atoms with Crippen molar-refractivity contribution in [2.24, 2.45) is 5.73 Å². The number of carbonyl (C=O) groups excluding carboxylic acids is 1. The molecule has 0 bridgehead atoms. The molecule has 0 fully saturated rings. The summed E-state index contributed by atoms with van der Waals surface area (Å²) in [5.74, 6) is 0.228. The smallest absolute Gasteiger partial charge is 0.248 e. The van der Waals surface area contributed by atoms with Crippen molar-refractivity contribution in [1.82, 2.24) is 0 Å². The van der Waals surface area contributed by atoms with Crippen LogP contribution in [-0.4, -0.2) is 5.91 Å². The lowest BCUT2D eigenvalue weighted by Crippen LogP contribution is -2.11. The minimum absolute atomic E-state index is 0.454. The van der Waals surface area contributed by atoms with Crippen molar-refractivity contribution in [1.29, 1.82) is 0 Å². The molecule has 4 N–H and O–H groups in total. The number of anilines is 1. The Bertz CT molecular complexity index is 616. The molecule has 3 nitrogen and oxygen atoms in total. The quantitative estimate of drug-likeness (QED) is 0.671. The second-order valence-corrected chi connectivity index (χ2v) is 5.42. The van der Waals surface area contributed by atoms with E-state index >= 15 is 0 Å². The van der Waals surface area contributed by atoms with Crippen molar-refractivity contribution in [2.75, 3.05) is 5.73 Å². The summed E-state index contributed by atoms with van der Waals surface area (Å²) in [5, 5.41) is 0.722. The summed E-state index contributed by atoms with van der Waals surface area (Å²) >= 11 is 7.62. The summed E-state index contributed by atoms with van der Waals surface area (Å²) < 4.78 is 0. The van der Waals surface area contributed by atoms with Crippen molar-refractivity contribution in [2.45, 2.75) is 10.6 Å². The van der Waals surface area contributed by atoms with Gasteiger partial charge in [0.2, 0.25) is 5.91 Å². The van der Waals surface area contributed by atoms with Crippen LogP contribution in [0.15, 0.2) is 47.4 Å². The van der Waals surface area contributed by atoms with Crippen LogP contribution in [0.25, 0.3) is 0 Å². The van der Waals surface area contributed by atoms with Gasteiger partial charge in [-0.2, -0.15) is 0 Å². The number of nitrogens with two attached hydrogens (primary N) is 2.